The molecule has 1 aliphatic carbocycles. The average molecular weight is 280 g/mol. The fraction of sp³-hybridized carbons (Fsp3) is 0.600. The fourth-order valence-corrected chi connectivity index (χ4v) is 1.73. The molecule has 0 amide bonds. The minimum absolute atomic E-state index is 1.15. The van der Waals surface area contributed by atoms with Crippen molar-refractivity contribution in [3.63, 3.8) is 0 Å². The van der Waals surface area contributed by atoms with Gasteiger partial charge < -0.3 is 3.07 Å². The molecule has 12 heavy (non-hydrogen) atoms. The third kappa shape index (κ3) is 4.80. The normalized spacial score (nSPS) is 16.2. The van der Waals surface area contributed by atoms with Gasteiger partial charge in [0.25, 0.3) is 0 Å². The summed E-state index contributed by atoms with van der Waals surface area (Å²) in [6.07, 6.45) is 6.78. The van der Waals surface area contributed by atoms with Crippen LogP contribution in [0.2, 0.25) is 0 Å². The minimum atomic E-state index is 1.15. The summed E-state index contributed by atoms with van der Waals surface area (Å²) in [6.45, 7) is 7.41. The molecule has 0 aliphatic heterocycles. The largest absolute Gasteiger partial charge is 0.432 e. The van der Waals surface area contributed by atoms with Crippen LogP contribution in [0.5, 0.6) is 0 Å². The topological polar surface area (TPSA) is 9.23 Å². The molecular formula is C10H17IO. The van der Waals surface area contributed by atoms with Crippen molar-refractivity contribution in [1.82, 2.24) is 0 Å². The van der Waals surface area contributed by atoms with Crippen molar-refractivity contribution in [1.29, 1.82) is 0 Å². The zero-order chi connectivity index (χ0) is 9.40. The Bertz CT molecular complexity index is 161. The summed E-state index contributed by atoms with van der Waals surface area (Å²) in [5, 5.41) is 0. The molecule has 0 saturated carbocycles. The molecule has 1 rings (SSSR count). The standard InChI is InChI=1S/C7H11IO.C3H6/c1-6-4-2-3-5-7(6)9-8;1-3-2/h2-5H2,1H3;3H,1H2,2H3. The molecule has 0 fully saturated rings. The first-order chi connectivity index (χ1) is 5.76. The Kier molecular flexibility index (Phi) is 7.65. The summed E-state index contributed by atoms with van der Waals surface area (Å²) in [5.41, 5.74) is 1.44. The third-order valence-corrected chi connectivity index (χ3v) is 2.31. The predicted molar refractivity (Wildman–Crippen MR) is 62.1 cm³/mol. The molecule has 2 heteroatoms. The first-order valence-corrected chi connectivity index (χ1v) is 5.18. The van der Waals surface area contributed by atoms with Crippen molar-refractivity contribution in [2.45, 2.75) is 39.5 Å². The lowest BCUT2D eigenvalue weighted by atomic mass is 9.99. The van der Waals surface area contributed by atoms with Gasteiger partial charge in [0.15, 0.2) is 23.0 Å². The van der Waals surface area contributed by atoms with Crippen molar-refractivity contribution < 1.29 is 3.07 Å². The minimum Gasteiger partial charge on any atom is -0.432 e. The van der Waals surface area contributed by atoms with Gasteiger partial charge in [-0.1, -0.05) is 6.08 Å². The molecule has 0 unspecified atom stereocenters. The number of hydrogen-bond acceptors (Lipinski definition) is 1. The van der Waals surface area contributed by atoms with Crippen molar-refractivity contribution in [2.75, 3.05) is 0 Å². The van der Waals surface area contributed by atoms with Crippen LogP contribution < -0.4 is 0 Å². The van der Waals surface area contributed by atoms with E-state index in [9.17, 15) is 0 Å². The Morgan fingerprint density at radius 1 is 1.42 bits per heavy atom. The second kappa shape index (κ2) is 7.65. The molecule has 0 heterocycles. The number of rotatable bonds is 1. The third-order valence-electron chi connectivity index (χ3n) is 1.77. The Balaban J connectivity index is 0.000000354. The van der Waals surface area contributed by atoms with Crippen LogP contribution in [0.1, 0.15) is 39.5 Å². The smallest absolute Gasteiger partial charge is 0.192 e. The van der Waals surface area contributed by atoms with E-state index in [2.05, 4.69) is 13.5 Å². The predicted octanol–water partition coefficient (Wildman–Crippen LogP) is 4.39. The summed E-state index contributed by atoms with van der Waals surface area (Å²) in [4.78, 5) is 0. The van der Waals surface area contributed by atoms with E-state index in [4.69, 9.17) is 3.07 Å². The summed E-state index contributed by atoms with van der Waals surface area (Å²) in [5.74, 6) is 1.21. The van der Waals surface area contributed by atoms with Crippen LogP contribution in [0.15, 0.2) is 24.0 Å². The van der Waals surface area contributed by atoms with Crippen LogP contribution >= 0.6 is 23.0 Å². The molecule has 0 saturated heterocycles. The first kappa shape index (κ1) is 12.0. The van der Waals surface area contributed by atoms with Crippen molar-refractivity contribution in [3.8, 4) is 0 Å². The first-order valence-electron chi connectivity index (χ1n) is 4.30. The van der Waals surface area contributed by atoms with Crippen LogP contribution in [0.3, 0.4) is 0 Å². The van der Waals surface area contributed by atoms with Gasteiger partial charge in [0.2, 0.25) is 0 Å². The van der Waals surface area contributed by atoms with Crippen LogP contribution in [0.4, 0.5) is 0 Å². The fourth-order valence-electron chi connectivity index (χ4n) is 1.13. The van der Waals surface area contributed by atoms with E-state index < -0.39 is 0 Å². The highest BCUT2D eigenvalue weighted by Gasteiger charge is 2.08. The maximum atomic E-state index is 5.15. The average Bonchev–Trinajstić information content (AvgIpc) is 2.07. The number of halogens is 1. The number of allylic oxidation sites excluding steroid dienone is 3. The lowest BCUT2D eigenvalue weighted by Crippen LogP contribution is -1.96. The molecule has 0 bridgehead atoms. The molecule has 0 aromatic heterocycles. The Hall–Kier alpha value is 0.0100. The van der Waals surface area contributed by atoms with Crippen LogP contribution in [0.25, 0.3) is 0 Å². The quantitative estimate of drug-likeness (QED) is 0.511. The lowest BCUT2D eigenvalue weighted by Gasteiger charge is -2.13. The van der Waals surface area contributed by atoms with E-state index in [0.29, 0.717) is 0 Å². The molecule has 0 spiro atoms. The lowest BCUT2D eigenvalue weighted by molar-refractivity contribution is 0.470. The summed E-state index contributed by atoms with van der Waals surface area (Å²) < 4.78 is 5.15. The number of hydrogen-bond donors (Lipinski definition) is 0. The maximum absolute atomic E-state index is 5.15. The van der Waals surface area contributed by atoms with E-state index in [-0.39, 0.29) is 0 Å². The monoisotopic (exact) mass is 280 g/mol. The van der Waals surface area contributed by atoms with Gasteiger partial charge in [-0.3, -0.25) is 0 Å². The molecule has 70 valence electrons. The zero-order valence-electron chi connectivity index (χ0n) is 7.90. The van der Waals surface area contributed by atoms with E-state index in [1.54, 1.807) is 6.08 Å². The zero-order valence-corrected chi connectivity index (χ0v) is 10.1. The van der Waals surface area contributed by atoms with E-state index in [1.807, 2.05) is 29.9 Å². The Morgan fingerprint density at radius 3 is 2.25 bits per heavy atom. The van der Waals surface area contributed by atoms with Crippen molar-refractivity contribution in [2.24, 2.45) is 0 Å². The van der Waals surface area contributed by atoms with Crippen molar-refractivity contribution >= 4 is 23.0 Å². The van der Waals surface area contributed by atoms with E-state index in [0.717, 1.165) is 6.42 Å². The molecule has 1 aliphatic rings. The summed E-state index contributed by atoms with van der Waals surface area (Å²) >= 11 is 1.96. The van der Waals surface area contributed by atoms with E-state index in [1.165, 1.54) is 30.6 Å². The molecule has 0 radical (unpaired) electrons. The Morgan fingerprint density at radius 2 is 1.92 bits per heavy atom. The van der Waals surface area contributed by atoms with Crippen LogP contribution in [-0.4, -0.2) is 0 Å². The van der Waals surface area contributed by atoms with E-state index >= 15 is 0 Å². The van der Waals surface area contributed by atoms with Crippen LogP contribution in [0, 0.1) is 0 Å². The molecule has 0 aromatic rings. The van der Waals surface area contributed by atoms with Gasteiger partial charge in [-0.15, -0.1) is 6.58 Å². The van der Waals surface area contributed by atoms with Gasteiger partial charge >= 0.3 is 0 Å². The highest BCUT2D eigenvalue weighted by molar-refractivity contribution is 14.1. The SMILES string of the molecule is C=CC.CC1=C(OI)CCCC1. The highest BCUT2D eigenvalue weighted by atomic mass is 127. The molecule has 0 aromatic carbocycles. The molecule has 0 atom stereocenters. The second-order valence-electron chi connectivity index (χ2n) is 2.90. The van der Waals surface area contributed by atoms with Gasteiger partial charge in [-0.05, 0) is 38.7 Å². The van der Waals surface area contributed by atoms with Gasteiger partial charge in [0, 0.05) is 6.42 Å². The summed E-state index contributed by atoms with van der Waals surface area (Å²) in [7, 11) is 0. The Labute approximate surface area is 89.6 Å². The van der Waals surface area contributed by atoms with Gasteiger partial charge in [-0.25, -0.2) is 0 Å². The van der Waals surface area contributed by atoms with Crippen molar-refractivity contribution in [3.05, 3.63) is 24.0 Å². The summed E-state index contributed by atoms with van der Waals surface area (Å²) in [6, 6.07) is 0. The molecular weight excluding hydrogens is 263 g/mol. The van der Waals surface area contributed by atoms with Gasteiger partial charge in [-0.2, -0.15) is 0 Å². The van der Waals surface area contributed by atoms with Crippen LogP contribution in [-0.2, 0) is 3.07 Å². The molecule has 1 nitrogen and oxygen atoms in total. The molecule has 0 N–H and O–H groups in total. The highest BCUT2D eigenvalue weighted by Crippen LogP contribution is 2.26. The maximum Gasteiger partial charge on any atom is 0.192 e. The van der Waals surface area contributed by atoms with Gasteiger partial charge in [0.05, 0.1) is 0 Å². The van der Waals surface area contributed by atoms with Gasteiger partial charge in [0.1, 0.15) is 5.76 Å². The second-order valence-corrected chi connectivity index (χ2v) is 3.34.